The van der Waals surface area contributed by atoms with Gasteiger partial charge in [-0.2, -0.15) is 4.85 Å². The number of hydrogen-bond donors (Lipinski definition) is 0. The van der Waals surface area contributed by atoms with Gasteiger partial charge < -0.3 is 5.21 Å². The molecule has 2 rings (SSSR count). The maximum absolute atomic E-state index is 11.1. The lowest BCUT2D eigenvalue weighted by molar-refractivity contribution is -0.688. The summed E-state index contributed by atoms with van der Waals surface area (Å²) in [5.74, 6) is 0. The van der Waals surface area contributed by atoms with E-state index in [9.17, 15) is 15.3 Å². The van der Waals surface area contributed by atoms with Crippen molar-refractivity contribution in [3.63, 3.8) is 0 Å². The van der Waals surface area contributed by atoms with E-state index in [1.165, 1.54) is 36.7 Å². The van der Waals surface area contributed by atoms with E-state index in [1.807, 2.05) is 0 Å². The van der Waals surface area contributed by atoms with Crippen LogP contribution in [0.2, 0.25) is 0 Å². The molecular weight excluding hydrogens is 200 g/mol. The zero-order valence-electron chi connectivity index (χ0n) is 7.48. The average Bonchev–Trinajstić information content (AvgIpc) is 2.65. The highest BCUT2D eigenvalue weighted by molar-refractivity contribution is 5.38. The number of rotatable bonds is 2. The summed E-state index contributed by atoms with van der Waals surface area (Å²) >= 11 is 0. The highest BCUT2D eigenvalue weighted by atomic mass is 16.6. The fourth-order valence-corrected chi connectivity index (χ4v) is 1.15. The number of benzene rings is 1. The largest absolute Gasteiger partial charge is 0.692 e. The van der Waals surface area contributed by atoms with Gasteiger partial charge in [0.25, 0.3) is 5.69 Å². The number of non-ortho nitro benzene ring substituents is 1. The van der Waals surface area contributed by atoms with Gasteiger partial charge >= 0.3 is 0 Å². The third kappa shape index (κ3) is 1.62. The lowest BCUT2D eigenvalue weighted by Crippen LogP contribution is -2.36. The molecule has 0 fully saturated rings. The minimum atomic E-state index is -0.502. The minimum Gasteiger partial charge on any atom is -0.692 e. The molecule has 0 saturated heterocycles. The molecular formula is C8H6N4O3. The van der Waals surface area contributed by atoms with Crippen LogP contribution >= 0.6 is 0 Å². The van der Waals surface area contributed by atoms with Crippen LogP contribution in [0.1, 0.15) is 0 Å². The Morgan fingerprint density at radius 1 is 1.33 bits per heavy atom. The zero-order valence-corrected chi connectivity index (χ0v) is 7.48. The van der Waals surface area contributed by atoms with Crippen LogP contribution in [-0.2, 0) is 0 Å². The molecule has 0 saturated carbocycles. The van der Waals surface area contributed by atoms with E-state index >= 15 is 0 Å². The Labute approximate surface area is 83.9 Å². The van der Waals surface area contributed by atoms with Crippen LogP contribution in [0.15, 0.2) is 36.7 Å². The van der Waals surface area contributed by atoms with E-state index < -0.39 is 4.92 Å². The van der Waals surface area contributed by atoms with Crippen LogP contribution in [0.4, 0.5) is 5.69 Å². The van der Waals surface area contributed by atoms with E-state index in [1.54, 1.807) is 0 Å². The van der Waals surface area contributed by atoms with Crippen LogP contribution in [-0.4, -0.2) is 14.8 Å². The van der Waals surface area contributed by atoms with Crippen molar-refractivity contribution in [2.24, 2.45) is 0 Å². The minimum absolute atomic E-state index is 0.0247. The van der Waals surface area contributed by atoms with E-state index in [2.05, 4.69) is 5.10 Å². The molecule has 1 aromatic heterocycles. The molecule has 7 nitrogen and oxygen atoms in total. The molecule has 0 N–H and O–H groups in total. The van der Waals surface area contributed by atoms with Gasteiger partial charge in [0.05, 0.1) is 4.92 Å². The lowest BCUT2D eigenvalue weighted by Gasteiger charge is -2.01. The van der Waals surface area contributed by atoms with Gasteiger partial charge in [0.2, 0.25) is 6.20 Å². The van der Waals surface area contributed by atoms with Gasteiger partial charge in [0, 0.05) is 17.2 Å². The number of aromatic nitrogens is 3. The van der Waals surface area contributed by atoms with Crippen molar-refractivity contribution in [1.29, 1.82) is 0 Å². The lowest BCUT2D eigenvalue weighted by atomic mass is 10.3. The summed E-state index contributed by atoms with van der Waals surface area (Å²) in [5.41, 5.74) is 0.448. The Bertz CT molecular complexity index is 491. The van der Waals surface area contributed by atoms with Gasteiger partial charge in [-0.05, 0) is 16.9 Å². The quantitative estimate of drug-likeness (QED) is 0.308. The predicted molar refractivity (Wildman–Crippen MR) is 49.2 cm³/mol. The van der Waals surface area contributed by atoms with Crippen LogP contribution < -0.4 is 4.85 Å². The van der Waals surface area contributed by atoms with Crippen molar-refractivity contribution in [2.45, 2.75) is 0 Å². The summed E-state index contributed by atoms with van der Waals surface area (Å²) < 4.78 is 0. The molecule has 7 heteroatoms. The Kier molecular flexibility index (Phi) is 2.05. The van der Waals surface area contributed by atoms with E-state index in [4.69, 9.17) is 0 Å². The van der Waals surface area contributed by atoms with Crippen molar-refractivity contribution >= 4 is 5.69 Å². The van der Waals surface area contributed by atoms with Gasteiger partial charge in [0.1, 0.15) is 5.69 Å². The Morgan fingerprint density at radius 2 is 2.00 bits per heavy atom. The summed E-state index contributed by atoms with van der Waals surface area (Å²) in [6.07, 6.45) is 2.58. The monoisotopic (exact) mass is 206 g/mol. The summed E-state index contributed by atoms with van der Waals surface area (Å²) in [7, 11) is 0. The van der Waals surface area contributed by atoms with Crippen molar-refractivity contribution in [2.75, 3.05) is 0 Å². The van der Waals surface area contributed by atoms with Crippen LogP contribution in [0.5, 0.6) is 0 Å². The van der Waals surface area contributed by atoms with Crippen molar-refractivity contribution in [3.05, 3.63) is 52.0 Å². The number of nitro benzene ring substituents is 1. The molecule has 0 aliphatic carbocycles. The summed E-state index contributed by atoms with van der Waals surface area (Å²) in [6.45, 7) is 0. The standard InChI is InChI=1S/C8H6N4O3/c13-10-6-5-9-11(10)7-1-3-8(4-2-7)12(14)15/h1-6H. The molecule has 0 atom stereocenters. The topological polar surface area (TPSA) is 87.9 Å². The van der Waals surface area contributed by atoms with E-state index in [0.717, 1.165) is 4.80 Å². The average molecular weight is 206 g/mol. The van der Waals surface area contributed by atoms with Crippen molar-refractivity contribution in [3.8, 4) is 5.69 Å². The predicted octanol–water partition coefficient (Wildman–Crippen LogP) is 0.414. The second kappa shape index (κ2) is 3.37. The fraction of sp³-hybridized carbons (Fsp3) is 0. The molecule has 0 bridgehead atoms. The third-order valence-corrected chi connectivity index (χ3v) is 1.85. The van der Waals surface area contributed by atoms with Crippen LogP contribution in [0.3, 0.4) is 0 Å². The van der Waals surface area contributed by atoms with Gasteiger partial charge in [-0.25, -0.2) is 0 Å². The first-order chi connectivity index (χ1) is 7.18. The molecule has 0 amide bonds. The smallest absolute Gasteiger partial charge is 0.269 e. The molecule has 15 heavy (non-hydrogen) atoms. The fourth-order valence-electron chi connectivity index (χ4n) is 1.15. The SMILES string of the molecule is O=[N+]([O-])c1ccc(-n2ncc[n+]2[O-])cc1. The van der Waals surface area contributed by atoms with Crippen LogP contribution in [0.25, 0.3) is 5.69 Å². The summed E-state index contributed by atoms with van der Waals surface area (Å²) in [5, 5.41) is 25.3. The highest BCUT2D eigenvalue weighted by Gasteiger charge is 2.09. The normalized spacial score (nSPS) is 10.1. The summed E-state index contributed by atoms with van der Waals surface area (Å²) in [6, 6.07) is 5.55. The highest BCUT2D eigenvalue weighted by Crippen LogP contribution is 2.12. The Morgan fingerprint density at radius 3 is 2.47 bits per heavy atom. The van der Waals surface area contributed by atoms with Gasteiger partial charge in [0.15, 0.2) is 6.20 Å². The summed E-state index contributed by atoms with van der Waals surface area (Å²) in [4.78, 5) is 11.5. The number of hydrogen-bond acceptors (Lipinski definition) is 4. The Hall–Kier alpha value is -2.44. The molecule has 0 aliphatic rings. The molecule has 1 aromatic carbocycles. The maximum atomic E-state index is 11.1. The zero-order chi connectivity index (χ0) is 10.8. The molecule has 0 unspecified atom stereocenters. The maximum Gasteiger partial charge on any atom is 0.269 e. The first kappa shape index (κ1) is 9.13. The van der Waals surface area contributed by atoms with Crippen molar-refractivity contribution < 1.29 is 9.77 Å². The first-order valence-corrected chi connectivity index (χ1v) is 4.07. The first-order valence-electron chi connectivity index (χ1n) is 4.07. The van der Waals surface area contributed by atoms with E-state index in [0.29, 0.717) is 10.5 Å². The molecule has 2 aromatic rings. The van der Waals surface area contributed by atoms with Gasteiger partial charge in [-0.15, -0.1) is 0 Å². The van der Waals surface area contributed by atoms with E-state index in [-0.39, 0.29) is 5.69 Å². The molecule has 0 aliphatic heterocycles. The van der Waals surface area contributed by atoms with Crippen LogP contribution in [0, 0.1) is 15.3 Å². The Balaban J connectivity index is 2.40. The molecule has 1 heterocycles. The third-order valence-electron chi connectivity index (χ3n) is 1.85. The molecule has 76 valence electrons. The van der Waals surface area contributed by atoms with Gasteiger partial charge in [-0.1, -0.05) is 0 Å². The number of nitro groups is 1. The second-order valence-corrected chi connectivity index (χ2v) is 2.78. The molecule has 0 spiro atoms. The van der Waals surface area contributed by atoms with Gasteiger partial charge in [-0.3, -0.25) is 10.1 Å². The molecule has 0 radical (unpaired) electrons. The van der Waals surface area contributed by atoms with Crippen molar-refractivity contribution in [1.82, 2.24) is 9.90 Å². The number of nitrogens with zero attached hydrogens (tertiary/aromatic N) is 4. The second-order valence-electron chi connectivity index (χ2n) is 2.78.